The molecule has 1 aromatic heterocycles. The molecule has 1 saturated heterocycles. The molecule has 0 spiro atoms. The molecule has 8 heteroatoms. The number of nitrogens with one attached hydrogen (secondary N) is 1. The smallest absolute Gasteiger partial charge is 0.255 e. The third kappa shape index (κ3) is 4.06. The summed E-state index contributed by atoms with van der Waals surface area (Å²) < 4.78 is 0. The van der Waals surface area contributed by atoms with Crippen molar-refractivity contribution in [1.82, 2.24) is 9.88 Å². The zero-order chi connectivity index (χ0) is 20.4. The summed E-state index contributed by atoms with van der Waals surface area (Å²) >= 11 is 5.96. The van der Waals surface area contributed by atoms with E-state index in [4.69, 9.17) is 11.6 Å². The number of anilines is 2. The maximum absolute atomic E-state index is 13.1. The van der Waals surface area contributed by atoms with E-state index in [0.29, 0.717) is 35.2 Å². The number of carbonyl (C=O) groups excluding carboxylic acids is 2. The number of carbonyl (C=O) groups is 2. The number of amides is 2. The van der Waals surface area contributed by atoms with Crippen molar-refractivity contribution in [3.8, 4) is 0 Å². The fourth-order valence-electron chi connectivity index (χ4n) is 3.87. The number of rotatable bonds is 4. The monoisotopic (exact) mass is 414 g/mol. The topological polar surface area (TPSA) is 85.8 Å². The molecule has 152 valence electrons. The highest BCUT2D eigenvalue weighted by Crippen LogP contribution is 2.31. The lowest BCUT2D eigenvalue weighted by atomic mass is 10.0. The van der Waals surface area contributed by atoms with Gasteiger partial charge in [-0.25, -0.2) is 4.98 Å². The Kier molecular flexibility index (Phi) is 5.69. The fraction of sp³-hybridized carbons (Fsp3) is 0.381. The maximum atomic E-state index is 13.1. The number of benzene rings is 1. The van der Waals surface area contributed by atoms with E-state index in [1.165, 1.54) is 6.20 Å². The van der Waals surface area contributed by atoms with Crippen molar-refractivity contribution >= 4 is 34.9 Å². The van der Waals surface area contributed by atoms with Crippen molar-refractivity contribution in [2.75, 3.05) is 29.9 Å². The van der Waals surface area contributed by atoms with Crippen LogP contribution >= 0.6 is 11.6 Å². The number of aliphatic hydroxyl groups excluding tert-OH is 1. The molecule has 1 atom stereocenters. The van der Waals surface area contributed by atoms with E-state index in [1.807, 2.05) is 12.1 Å². The van der Waals surface area contributed by atoms with Crippen LogP contribution in [0.25, 0.3) is 0 Å². The minimum atomic E-state index is -0.169. The Balaban J connectivity index is 1.63. The second-order valence-corrected chi connectivity index (χ2v) is 7.82. The minimum Gasteiger partial charge on any atom is -0.394 e. The van der Waals surface area contributed by atoms with Crippen molar-refractivity contribution < 1.29 is 14.7 Å². The summed E-state index contributed by atoms with van der Waals surface area (Å²) in [6.07, 6.45) is 4.25. The molecule has 2 amide bonds. The average molecular weight is 415 g/mol. The Labute approximate surface area is 174 Å². The molecule has 7 nitrogen and oxygen atoms in total. The molecule has 2 aromatic rings. The molecule has 1 aromatic carbocycles. The predicted molar refractivity (Wildman–Crippen MR) is 111 cm³/mol. The van der Waals surface area contributed by atoms with Gasteiger partial charge in [0, 0.05) is 17.8 Å². The lowest BCUT2D eigenvalue weighted by Crippen LogP contribution is -2.46. The van der Waals surface area contributed by atoms with Crippen LogP contribution < -0.4 is 10.2 Å². The summed E-state index contributed by atoms with van der Waals surface area (Å²) in [5.74, 6) is 0.320. The Bertz CT molecular complexity index is 919. The molecule has 3 heterocycles. The highest BCUT2D eigenvalue weighted by atomic mass is 35.5. The third-order valence-corrected chi connectivity index (χ3v) is 5.72. The highest BCUT2D eigenvalue weighted by Gasteiger charge is 2.30. The Morgan fingerprint density at radius 1 is 1.28 bits per heavy atom. The van der Waals surface area contributed by atoms with Gasteiger partial charge in [0.2, 0.25) is 5.91 Å². The summed E-state index contributed by atoms with van der Waals surface area (Å²) in [5.41, 5.74) is 1.94. The quantitative estimate of drug-likeness (QED) is 0.803. The number of aliphatic hydroxyl groups is 1. The Morgan fingerprint density at radius 3 is 2.83 bits per heavy atom. The normalized spacial score (nSPS) is 19.0. The van der Waals surface area contributed by atoms with Gasteiger partial charge in [0.15, 0.2) is 5.82 Å². The number of fused-ring (bicyclic) bond motifs is 1. The lowest BCUT2D eigenvalue weighted by molar-refractivity contribution is -0.117. The van der Waals surface area contributed by atoms with Crippen LogP contribution in [0.2, 0.25) is 5.02 Å². The predicted octanol–water partition coefficient (Wildman–Crippen LogP) is 2.68. The number of aromatic nitrogens is 1. The van der Waals surface area contributed by atoms with Gasteiger partial charge in [-0.2, -0.15) is 0 Å². The summed E-state index contributed by atoms with van der Waals surface area (Å²) in [4.78, 5) is 33.4. The molecule has 2 aliphatic heterocycles. The van der Waals surface area contributed by atoms with Crippen molar-refractivity contribution in [2.24, 2.45) is 0 Å². The maximum Gasteiger partial charge on any atom is 0.255 e. The van der Waals surface area contributed by atoms with Gasteiger partial charge in [0.1, 0.15) is 0 Å². The largest absolute Gasteiger partial charge is 0.394 e. The zero-order valence-electron chi connectivity index (χ0n) is 16.0. The number of piperidine rings is 1. The summed E-state index contributed by atoms with van der Waals surface area (Å²) in [5, 5.41) is 13.3. The van der Waals surface area contributed by atoms with Crippen LogP contribution in [-0.4, -0.2) is 52.5 Å². The van der Waals surface area contributed by atoms with E-state index in [2.05, 4.69) is 10.3 Å². The second-order valence-electron chi connectivity index (χ2n) is 7.38. The molecule has 4 rings (SSSR count). The molecule has 0 aliphatic carbocycles. The molecular formula is C21H23ClN4O3. The first-order valence-electron chi connectivity index (χ1n) is 9.77. The number of likely N-dealkylation sites (tertiary alicyclic amines) is 1. The molecule has 29 heavy (non-hydrogen) atoms. The number of nitrogens with zero attached hydrogens (tertiary/aromatic N) is 3. The first-order chi connectivity index (χ1) is 14.1. The molecule has 2 N–H and O–H groups in total. The standard InChI is InChI=1S/C21H23ClN4O3/c22-16-6-4-14(5-7-16)12-26-18-9-15(10-23-20(18)24-11-19(26)28)21(29)25-8-2-1-3-17(25)13-27/h4-7,9-10,17,27H,1-3,8,11-13H2,(H,23,24). The SMILES string of the molecule is O=C1CNc2ncc(C(=O)N3CCCCC3CO)cc2N1Cc1ccc(Cl)cc1. The fourth-order valence-corrected chi connectivity index (χ4v) is 4.00. The summed E-state index contributed by atoms with van der Waals surface area (Å²) in [6.45, 7) is 1.09. The van der Waals surface area contributed by atoms with Gasteiger partial charge in [-0.05, 0) is 43.0 Å². The lowest BCUT2D eigenvalue weighted by Gasteiger charge is -2.35. The van der Waals surface area contributed by atoms with Gasteiger partial charge in [0.05, 0.1) is 37.0 Å². The number of hydrogen-bond donors (Lipinski definition) is 2. The first-order valence-corrected chi connectivity index (χ1v) is 10.1. The number of hydrogen-bond acceptors (Lipinski definition) is 5. The van der Waals surface area contributed by atoms with Crippen molar-refractivity contribution in [2.45, 2.75) is 31.8 Å². The molecule has 0 radical (unpaired) electrons. The van der Waals surface area contributed by atoms with E-state index in [-0.39, 0.29) is 31.0 Å². The van der Waals surface area contributed by atoms with Gasteiger partial charge in [-0.15, -0.1) is 0 Å². The van der Waals surface area contributed by atoms with E-state index in [9.17, 15) is 14.7 Å². The number of pyridine rings is 1. The van der Waals surface area contributed by atoms with E-state index in [1.54, 1.807) is 28.0 Å². The molecule has 2 aliphatic rings. The highest BCUT2D eigenvalue weighted by molar-refractivity contribution is 6.30. The van der Waals surface area contributed by atoms with Crippen molar-refractivity contribution in [3.05, 3.63) is 52.7 Å². The van der Waals surface area contributed by atoms with E-state index in [0.717, 1.165) is 24.8 Å². The van der Waals surface area contributed by atoms with Crippen LogP contribution in [0.15, 0.2) is 36.5 Å². The van der Waals surface area contributed by atoms with Gasteiger partial charge in [0.25, 0.3) is 5.91 Å². The van der Waals surface area contributed by atoms with E-state index < -0.39 is 0 Å². The second kappa shape index (κ2) is 8.39. The van der Waals surface area contributed by atoms with Crippen LogP contribution in [0.5, 0.6) is 0 Å². The summed E-state index contributed by atoms with van der Waals surface area (Å²) in [6, 6.07) is 8.87. The minimum absolute atomic E-state index is 0.0488. The van der Waals surface area contributed by atoms with Gasteiger partial charge in [-0.3, -0.25) is 9.59 Å². The molecular weight excluding hydrogens is 392 g/mol. The summed E-state index contributed by atoms with van der Waals surface area (Å²) in [7, 11) is 0. The molecule has 0 bridgehead atoms. The van der Waals surface area contributed by atoms with Crippen LogP contribution in [0.1, 0.15) is 35.2 Å². The van der Waals surface area contributed by atoms with Crippen LogP contribution in [0.4, 0.5) is 11.5 Å². The van der Waals surface area contributed by atoms with Gasteiger partial charge >= 0.3 is 0 Å². The van der Waals surface area contributed by atoms with Gasteiger partial charge in [-0.1, -0.05) is 23.7 Å². The molecule has 1 unspecified atom stereocenters. The molecule has 1 fully saturated rings. The number of halogens is 1. The average Bonchev–Trinajstić information content (AvgIpc) is 2.76. The van der Waals surface area contributed by atoms with Crippen molar-refractivity contribution in [1.29, 1.82) is 0 Å². The zero-order valence-corrected chi connectivity index (χ0v) is 16.7. The first kappa shape index (κ1) is 19.7. The van der Waals surface area contributed by atoms with E-state index >= 15 is 0 Å². The van der Waals surface area contributed by atoms with Crippen LogP contribution in [0.3, 0.4) is 0 Å². The third-order valence-electron chi connectivity index (χ3n) is 5.47. The Hall–Kier alpha value is -2.64. The van der Waals surface area contributed by atoms with Crippen LogP contribution in [-0.2, 0) is 11.3 Å². The Morgan fingerprint density at radius 2 is 2.07 bits per heavy atom. The van der Waals surface area contributed by atoms with Crippen molar-refractivity contribution in [3.63, 3.8) is 0 Å². The van der Waals surface area contributed by atoms with Gasteiger partial charge < -0.3 is 20.2 Å². The molecule has 0 saturated carbocycles. The van der Waals surface area contributed by atoms with Crippen LogP contribution in [0, 0.1) is 0 Å².